The van der Waals surface area contributed by atoms with Gasteiger partial charge in [0.15, 0.2) is 0 Å². The lowest BCUT2D eigenvalue weighted by atomic mass is 9.80. The first-order valence-corrected chi connectivity index (χ1v) is 7.34. The molecule has 0 fully saturated rings. The molecule has 1 N–H and O–H groups in total. The van der Waals surface area contributed by atoms with Crippen LogP contribution in [0.2, 0.25) is 0 Å². The minimum atomic E-state index is -0.974. The fraction of sp³-hybridized carbons (Fsp3) is 0.625. The van der Waals surface area contributed by atoms with Crippen LogP contribution in [0.3, 0.4) is 0 Å². The van der Waals surface area contributed by atoms with Gasteiger partial charge >= 0.3 is 0 Å². The predicted molar refractivity (Wildman–Crippen MR) is 77.6 cm³/mol. The Morgan fingerprint density at radius 1 is 1.10 bits per heavy atom. The molecule has 0 saturated carbocycles. The number of hydrogen-bond acceptors (Lipinski definition) is 2. The standard InChI is InChI=1S/C16H25F2NO/c1-5-16(6-2,19(7-3)8-4)15(20)13-10-9-12(17)11-14(13)18/h9-11,15,20H,5-8H2,1-4H3. The van der Waals surface area contributed by atoms with Gasteiger partial charge in [0.05, 0.1) is 5.54 Å². The van der Waals surface area contributed by atoms with Crippen molar-refractivity contribution in [3.05, 3.63) is 35.4 Å². The molecule has 1 aromatic rings. The van der Waals surface area contributed by atoms with Gasteiger partial charge in [-0.15, -0.1) is 0 Å². The second-order valence-electron chi connectivity index (χ2n) is 5.05. The number of aliphatic hydroxyl groups excluding tert-OH is 1. The summed E-state index contributed by atoms with van der Waals surface area (Å²) in [5.74, 6) is -1.31. The van der Waals surface area contributed by atoms with Gasteiger partial charge in [-0.2, -0.15) is 0 Å². The Kier molecular flexibility index (Phi) is 6.08. The fourth-order valence-electron chi connectivity index (χ4n) is 3.12. The van der Waals surface area contributed by atoms with E-state index in [1.807, 2.05) is 27.7 Å². The Hall–Kier alpha value is -1.00. The van der Waals surface area contributed by atoms with Gasteiger partial charge in [0, 0.05) is 11.6 Å². The van der Waals surface area contributed by atoms with Crippen molar-refractivity contribution in [2.75, 3.05) is 13.1 Å². The maximum absolute atomic E-state index is 14.0. The zero-order chi connectivity index (χ0) is 15.3. The van der Waals surface area contributed by atoms with Crippen LogP contribution in [0.15, 0.2) is 18.2 Å². The molecule has 4 heteroatoms. The third kappa shape index (κ3) is 3.01. The highest BCUT2D eigenvalue weighted by atomic mass is 19.1. The SMILES string of the molecule is CCN(CC)C(CC)(CC)C(O)c1ccc(F)cc1F. The third-order valence-corrected chi connectivity index (χ3v) is 4.38. The first-order chi connectivity index (χ1) is 9.46. The second-order valence-corrected chi connectivity index (χ2v) is 5.05. The average molecular weight is 285 g/mol. The first-order valence-electron chi connectivity index (χ1n) is 7.34. The van der Waals surface area contributed by atoms with E-state index in [0.717, 1.165) is 19.2 Å². The molecule has 0 aliphatic heterocycles. The van der Waals surface area contributed by atoms with Crippen molar-refractivity contribution in [2.45, 2.75) is 52.2 Å². The zero-order valence-electron chi connectivity index (χ0n) is 12.8. The van der Waals surface area contributed by atoms with E-state index in [4.69, 9.17) is 0 Å². The van der Waals surface area contributed by atoms with Crippen molar-refractivity contribution in [3.63, 3.8) is 0 Å². The van der Waals surface area contributed by atoms with Crippen molar-refractivity contribution in [3.8, 4) is 0 Å². The molecule has 1 unspecified atom stereocenters. The molecule has 2 nitrogen and oxygen atoms in total. The Morgan fingerprint density at radius 2 is 1.65 bits per heavy atom. The highest BCUT2D eigenvalue weighted by Crippen LogP contribution is 2.38. The van der Waals surface area contributed by atoms with Gasteiger partial charge in [0.2, 0.25) is 0 Å². The molecule has 0 spiro atoms. The molecule has 0 saturated heterocycles. The predicted octanol–water partition coefficient (Wildman–Crippen LogP) is 3.90. The molecule has 0 bridgehead atoms. The van der Waals surface area contributed by atoms with E-state index in [-0.39, 0.29) is 5.56 Å². The first kappa shape index (κ1) is 17.1. The molecule has 1 aromatic carbocycles. The van der Waals surface area contributed by atoms with E-state index < -0.39 is 23.3 Å². The van der Waals surface area contributed by atoms with Crippen LogP contribution in [-0.2, 0) is 0 Å². The van der Waals surface area contributed by atoms with E-state index >= 15 is 0 Å². The van der Waals surface area contributed by atoms with Crippen LogP contribution < -0.4 is 0 Å². The van der Waals surface area contributed by atoms with Crippen LogP contribution in [0, 0.1) is 11.6 Å². The van der Waals surface area contributed by atoms with Crippen LogP contribution in [0.4, 0.5) is 8.78 Å². The van der Waals surface area contributed by atoms with Gasteiger partial charge < -0.3 is 5.11 Å². The monoisotopic (exact) mass is 285 g/mol. The third-order valence-electron chi connectivity index (χ3n) is 4.38. The van der Waals surface area contributed by atoms with Crippen molar-refractivity contribution >= 4 is 0 Å². The summed E-state index contributed by atoms with van der Waals surface area (Å²) in [6.45, 7) is 9.59. The lowest BCUT2D eigenvalue weighted by Crippen LogP contribution is -2.52. The number of hydrogen-bond donors (Lipinski definition) is 1. The van der Waals surface area contributed by atoms with E-state index in [1.54, 1.807) is 0 Å². The van der Waals surface area contributed by atoms with Crippen LogP contribution in [-0.4, -0.2) is 28.6 Å². The molecule has 0 aromatic heterocycles. The van der Waals surface area contributed by atoms with Gasteiger partial charge in [-0.05, 0) is 32.0 Å². The lowest BCUT2D eigenvalue weighted by molar-refractivity contribution is -0.0382. The van der Waals surface area contributed by atoms with E-state index in [2.05, 4.69) is 4.90 Å². The molecule has 20 heavy (non-hydrogen) atoms. The van der Waals surface area contributed by atoms with Crippen LogP contribution in [0.5, 0.6) is 0 Å². The smallest absolute Gasteiger partial charge is 0.131 e. The number of likely N-dealkylation sites (N-methyl/N-ethyl adjacent to an activating group) is 1. The summed E-state index contributed by atoms with van der Waals surface area (Å²) in [4.78, 5) is 2.15. The largest absolute Gasteiger partial charge is 0.386 e. The Bertz CT molecular complexity index is 428. The summed E-state index contributed by atoms with van der Waals surface area (Å²) in [5.41, 5.74) is -0.357. The number of benzene rings is 1. The molecule has 114 valence electrons. The minimum Gasteiger partial charge on any atom is -0.386 e. The van der Waals surface area contributed by atoms with E-state index in [0.29, 0.717) is 12.8 Å². The summed E-state index contributed by atoms with van der Waals surface area (Å²) in [6.07, 6.45) is 0.421. The van der Waals surface area contributed by atoms with E-state index in [1.165, 1.54) is 12.1 Å². The van der Waals surface area contributed by atoms with Crippen molar-refractivity contribution in [1.29, 1.82) is 0 Å². The maximum atomic E-state index is 14.0. The Morgan fingerprint density at radius 3 is 2.05 bits per heavy atom. The Labute approximate surface area is 120 Å². The van der Waals surface area contributed by atoms with Gasteiger partial charge in [-0.1, -0.05) is 33.8 Å². The molecule has 1 atom stereocenters. The maximum Gasteiger partial charge on any atom is 0.131 e. The molecule has 1 rings (SSSR count). The number of aliphatic hydroxyl groups is 1. The normalized spacial score (nSPS) is 13.8. The quantitative estimate of drug-likeness (QED) is 0.821. The van der Waals surface area contributed by atoms with Crippen molar-refractivity contribution < 1.29 is 13.9 Å². The second kappa shape index (κ2) is 7.14. The molecule has 0 radical (unpaired) electrons. The van der Waals surface area contributed by atoms with Gasteiger partial charge in [0.1, 0.15) is 17.7 Å². The van der Waals surface area contributed by atoms with Crippen LogP contribution in [0.1, 0.15) is 52.2 Å². The summed E-state index contributed by atoms with van der Waals surface area (Å²) in [6, 6.07) is 3.37. The van der Waals surface area contributed by atoms with Crippen molar-refractivity contribution in [1.82, 2.24) is 4.90 Å². The summed E-state index contributed by atoms with van der Waals surface area (Å²) in [5, 5.41) is 10.7. The average Bonchev–Trinajstić information content (AvgIpc) is 2.44. The van der Waals surface area contributed by atoms with Gasteiger partial charge in [-0.25, -0.2) is 8.78 Å². The number of halogens is 2. The lowest BCUT2D eigenvalue weighted by Gasteiger charge is -2.46. The fourth-order valence-corrected chi connectivity index (χ4v) is 3.12. The Balaban J connectivity index is 3.26. The molecular weight excluding hydrogens is 260 g/mol. The molecule has 0 amide bonds. The highest BCUT2D eigenvalue weighted by Gasteiger charge is 2.40. The molecular formula is C16H25F2NO. The molecule has 0 aliphatic carbocycles. The van der Waals surface area contributed by atoms with Gasteiger partial charge in [-0.3, -0.25) is 4.90 Å². The number of nitrogens with zero attached hydrogens (tertiary/aromatic N) is 1. The molecule has 0 heterocycles. The van der Waals surface area contributed by atoms with Crippen LogP contribution in [0.25, 0.3) is 0 Å². The van der Waals surface area contributed by atoms with Crippen molar-refractivity contribution in [2.24, 2.45) is 0 Å². The zero-order valence-corrected chi connectivity index (χ0v) is 12.8. The summed E-state index contributed by atoms with van der Waals surface area (Å²) in [7, 11) is 0. The number of rotatable bonds is 7. The minimum absolute atomic E-state index is 0.169. The highest BCUT2D eigenvalue weighted by molar-refractivity contribution is 5.24. The summed E-state index contributed by atoms with van der Waals surface area (Å²) >= 11 is 0. The molecule has 0 aliphatic rings. The van der Waals surface area contributed by atoms with E-state index in [9.17, 15) is 13.9 Å². The summed E-state index contributed by atoms with van der Waals surface area (Å²) < 4.78 is 27.0. The van der Waals surface area contributed by atoms with Gasteiger partial charge in [0.25, 0.3) is 0 Å². The van der Waals surface area contributed by atoms with Crippen LogP contribution >= 0.6 is 0 Å². The topological polar surface area (TPSA) is 23.5 Å².